The third-order valence-electron chi connectivity index (χ3n) is 3.74. The summed E-state index contributed by atoms with van der Waals surface area (Å²) >= 11 is 0. The van der Waals surface area contributed by atoms with Crippen molar-refractivity contribution in [2.24, 2.45) is 0 Å². The molecular formula is C20H21NO5. The van der Waals surface area contributed by atoms with Crippen LogP contribution in [-0.2, 0) is 9.59 Å². The summed E-state index contributed by atoms with van der Waals surface area (Å²) in [5, 5.41) is 11.8. The van der Waals surface area contributed by atoms with Crippen LogP contribution in [0.4, 0.5) is 0 Å². The molecule has 2 rings (SSSR count). The highest BCUT2D eigenvalue weighted by Gasteiger charge is 2.21. The molecule has 0 heterocycles. The molecule has 0 aliphatic carbocycles. The number of nitrogens with one attached hydrogen (secondary N) is 1. The van der Waals surface area contributed by atoms with Crippen LogP contribution in [0, 0.1) is 0 Å². The van der Waals surface area contributed by atoms with Crippen molar-refractivity contribution in [3.63, 3.8) is 0 Å². The van der Waals surface area contributed by atoms with Crippen LogP contribution in [0.5, 0.6) is 5.75 Å². The molecule has 136 valence electrons. The lowest BCUT2D eigenvalue weighted by molar-refractivity contribution is -0.142. The zero-order valence-corrected chi connectivity index (χ0v) is 14.5. The van der Waals surface area contributed by atoms with Crippen molar-refractivity contribution in [3.05, 3.63) is 65.7 Å². The van der Waals surface area contributed by atoms with Gasteiger partial charge in [-0.25, -0.2) is 4.79 Å². The van der Waals surface area contributed by atoms with E-state index in [1.807, 2.05) is 0 Å². The average molecular weight is 355 g/mol. The first kappa shape index (κ1) is 19.2. The molecule has 2 aromatic rings. The molecule has 26 heavy (non-hydrogen) atoms. The van der Waals surface area contributed by atoms with Gasteiger partial charge in [-0.15, -0.1) is 0 Å². The summed E-state index contributed by atoms with van der Waals surface area (Å²) in [5.74, 6) is -0.953. The third-order valence-corrected chi connectivity index (χ3v) is 3.74. The van der Waals surface area contributed by atoms with E-state index in [-0.39, 0.29) is 24.7 Å². The first-order valence-electron chi connectivity index (χ1n) is 8.28. The van der Waals surface area contributed by atoms with Crippen molar-refractivity contribution >= 4 is 17.7 Å². The van der Waals surface area contributed by atoms with E-state index in [9.17, 15) is 19.5 Å². The number of ether oxygens (including phenoxy) is 1. The zero-order valence-electron chi connectivity index (χ0n) is 14.5. The van der Waals surface area contributed by atoms with E-state index in [0.717, 1.165) is 0 Å². The molecule has 0 saturated carbocycles. The second-order valence-electron chi connectivity index (χ2n) is 5.79. The Balaban J connectivity index is 1.80. The Kier molecular flexibility index (Phi) is 6.91. The van der Waals surface area contributed by atoms with Crippen LogP contribution in [-0.4, -0.2) is 29.4 Å². The van der Waals surface area contributed by atoms with Crippen LogP contribution in [0.2, 0.25) is 0 Å². The van der Waals surface area contributed by atoms with Gasteiger partial charge in [0.05, 0.1) is 6.61 Å². The van der Waals surface area contributed by atoms with Gasteiger partial charge in [0.15, 0.2) is 11.8 Å². The Morgan fingerprint density at radius 1 is 1.08 bits per heavy atom. The van der Waals surface area contributed by atoms with Gasteiger partial charge in [-0.2, -0.15) is 0 Å². The fraction of sp³-hybridized carbons (Fsp3) is 0.250. The Hall–Kier alpha value is -3.15. The van der Waals surface area contributed by atoms with Crippen LogP contribution in [0.15, 0.2) is 54.6 Å². The lowest BCUT2D eigenvalue weighted by atomic mass is 10.1. The molecule has 0 saturated heterocycles. The van der Waals surface area contributed by atoms with Crippen molar-refractivity contribution in [1.82, 2.24) is 5.32 Å². The fourth-order valence-electron chi connectivity index (χ4n) is 2.39. The van der Waals surface area contributed by atoms with Crippen LogP contribution in [0.25, 0.3) is 0 Å². The van der Waals surface area contributed by atoms with Crippen molar-refractivity contribution in [3.8, 4) is 5.75 Å². The van der Waals surface area contributed by atoms with Gasteiger partial charge < -0.3 is 15.2 Å². The molecule has 6 heteroatoms. The summed E-state index contributed by atoms with van der Waals surface area (Å²) in [4.78, 5) is 34.7. The number of carbonyl (C=O) groups excluding carboxylic acids is 2. The number of carboxylic acids is 1. The molecule has 0 radical (unpaired) electrons. The van der Waals surface area contributed by atoms with E-state index >= 15 is 0 Å². The monoisotopic (exact) mass is 355 g/mol. The van der Waals surface area contributed by atoms with Gasteiger partial charge in [0.2, 0.25) is 5.91 Å². The maximum Gasteiger partial charge on any atom is 0.330 e. The molecule has 0 spiro atoms. The summed E-state index contributed by atoms with van der Waals surface area (Å²) < 4.78 is 5.54. The highest BCUT2D eigenvalue weighted by Crippen LogP contribution is 2.15. The maximum absolute atomic E-state index is 12.0. The van der Waals surface area contributed by atoms with Crippen molar-refractivity contribution in [2.75, 3.05) is 6.61 Å². The molecule has 0 fully saturated rings. The predicted octanol–water partition coefficient (Wildman–Crippen LogP) is 2.99. The van der Waals surface area contributed by atoms with Crippen LogP contribution in [0.1, 0.15) is 41.7 Å². The average Bonchev–Trinajstić information content (AvgIpc) is 2.64. The van der Waals surface area contributed by atoms with Crippen LogP contribution in [0.3, 0.4) is 0 Å². The number of carbonyl (C=O) groups is 3. The minimum atomic E-state index is -1.11. The van der Waals surface area contributed by atoms with E-state index in [4.69, 9.17) is 4.74 Å². The Bertz CT molecular complexity index is 773. The summed E-state index contributed by atoms with van der Waals surface area (Å²) in [6.45, 7) is 1.77. The summed E-state index contributed by atoms with van der Waals surface area (Å²) in [6.07, 6.45) is 0.570. The van der Waals surface area contributed by atoms with Gasteiger partial charge in [-0.1, -0.05) is 42.5 Å². The highest BCUT2D eigenvalue weighted by molar-refractivity contribution is 5.94. The lowest BCUT2D eigenvalue weighted by Crippen LogP contribution is -2.33. The highest BCUT2D eigenvalue weighted by atomic mass is 16.5. The smallest absolute Gasteiger partial charge is 0.330 e. The predicted molar refractivity (Wildman–Crippen MR) is 96.1 cm³/mol. The molecule has 2 N–H and O–H groups in total. The number of rotatable bonds is 9. The van der Waals surface area contributed by atoms with Crippen LogP contribution < -0.4 is 10.1 Å². The third kappa shape index (κ3) is 5.73. The number of carboxylic acid groups (broad SMARTS) is 1. The van der Waals surface area contributed by atoms with Gasteiger partial charge in [0.1, 0.15) is 5.75 Å². The van der Waals surface area contributed by atoms with E-state index in [2.05, 4.69) is 5.32 Å². The maximum atomic E-state index is 12.0. The first-order chi connectivity index (χ1) is 12.5. The number of aliphatic carboxylic acids is 1. The molecular weight excluding hydrogens is 334 g/mol. The second-order valence-corrected chi connectivity index (χ2v) is 5.79. The molecule has 2 aromatic carbocycles. The fourth-order valence-corrected chi connectivity index (χ4v) is 2.39. The molecule has 0 bridgehead atoms. The minimum absolute atomic E-state index is 0.0459. The van der Waals surface area contributed by atoms with Gasteiger partial charge in [0, 0.05) is 12.0 Å². The van der Waals surface area contributed by atoms with E-state index < -0.39 is 12.0 Å². The SMILES string of the molecule is CC(=O)c1cccc(OCCCC(=O)NC(C(=O)O)c2ccccc2)c1. The largest absolute Gasteiger partial charge is 0.494 e. The van der Waals surface area contributed by atoms with Crippen molar-refractivity contribution < 1.29 is 24.2 Å². The van der Waals surface area contributed by atoms with Gasteiger partial charge in [-0.3, -0.25) is 9.59 Å². The minimum Gasteiger partial charge on any atom is -0.494 e. The summed E-state index contributed by atoms with van der Waals surface area (Å²) in [7, 11) is 0. The molecule has 0 aliphatic rings. The van der Waals surface area contributed by atoms with Crippen molar-refractivity contribution in [1.29, 1.82) is 0 Å². The van der Waals surface area contributed by atoms with Gasteiger partial charge in [0.25, 0.3) is 0 Å². The van der Waals surface area contributed by atoms with Gasteiger partial charge in [-0.05, 0) is 31.0 Å². The molecule has 1 unspecified atom stereocenters. The van der Waals surface area contributed by atoms with E-state index in [0.29, 0.717) is 23.3 Å². The topological polar surface area (TPSA) is 92.7 Å². The van der Waals surface area contributed by atoms with E-state index in [1.165, 1.54) is 6.92 Å². The summed E-state index contributed by atoms with van der Waals surface area (Å²) in [5.41, 5.74) is 1.08. The summed E-state index contributed by atoms with van der Waals surface area (Å²) in [6, 6.07) is 14.3. The number of ketones is 1. The molecule has 0 aromatic heterocycles. The number of benzene rings is 2. The number of hydrogen-bond acceptors (Lipinski definition) is 4. The van der Waals surface area contributed by atoms with Crippen LogP contribution >= 0.6 is 0 Å². The molecule has 0 aliphatic heterocycles. The Labute approximate surface area is 151 Å². The van der Waals surface area contributed by atoms with Gasteiger partial charge >= 0.3 is 5.97 Å². The standard InChI is InChI=1S/C20H21NO5/c1-14(22)16-9-5-10-17(13-16)26-12-6-11-18(23)21-19(20(24)25)15-7-3-2-4-8-15/h2-5,7-10,13,19H,6,11-12H2,1H3,(H,21,23)(H,24,25). The zero-order chi connectivity index (χ0) is 18.9. The number of Topliss-reactive ketones (excluding diaryl/α,β-unsaturated/α-hetero) is 1. The molecule has 1 atom stereocenters. The molecule has 1 amide bonds. The Morgan fingerprint density at radius 3 is 2.46 bits per heavy atom. The van der Waals surface area contributed by atoms with Crippen molar-refractivity contribution in [2.45, 2.75) is 25.8 Å². The quantitative estimate of drug-likeness (QED) is 0.533. The molecule has 6 nitrogen and oxygen atoms in total. The second kappa shape index (κ2) is 9.36. The van der Waals surface area contributed by atoms with E-state index in [1.54, 1.807) is 54.6 Å². The number of amides is 1. The Morgan fingerprint density at radius 2 is 1.81 bits per heavy atom. The number of hydrogen-bond donors (Lipinski definition) is 2. The first-order valence-corrected chi connectivity index (χ1v) is 8.28. The lowest BCUT2D eigenvalue weighted by Gasteiger charge is -2.15. The normalized spacial score (nSPS) is 11.4.